The molecule has 0 atom stereocenters. The lowest BCUT2D eigenvalue weighted by Gasteiger charge is -2.12. The van der Waals surface area contributed by atoms with Gasteiger partial charge in [0.25, 0.3) is 5.91 Å². The van der Waals surface area contributed by atoms with E-state index in [1.54, 1.807) is 43.5 Å². The van der Waals surface area contributed by atoms with Crippen molar-refractivity contribution in [1.82, 2.24) is 5.32 Å². The van der Waals surface area contributed by atoms with Crippen LogP contribution in [0.4, 0.5) is 5.69 Å². The van der Waals surface area contributed by atoms with Crippen molar-refractivity contribution in [3.63, 3.8) is 0 Å². The molecule has 0 saturated carbocycles. The van der Waals surface area contributed by atoms with Crippen LogP contribution in [0.5, 0.6) is 5.75 Å². The fraction of sp³-hybridized carbons (Fsp3) is 0.235. The molecule has 0 spiro atoms. The summed E-state index contributed by atoms with van der Waals surface area (Å²) in [6.07, 6.45) is 0.342. The molecule has 0 aromatic heterocycles. The third-order valence-electron chi connectivity index (χ3n) is 3.46. The highest BCUT2D eigenvalue weighted by atomic mass is 32.2. The molecular weight excluding hydrogens is 328 g/mol. The quantitative estimate of drug-likeness (QED) is 0.802. The number of carbonyl (C=O) groups is 1. The van der Waals surface area contributed by atoms with Crippen molar-refractivity contribution in [1.29, 1.82) is 0 Å². The maximum Gasteiger partial charge on any atom is 0.253 e. The van der Waals surface area contributed by atoms with Crippen molar-refractivity contribution in [3.8, 4) is 5.75 Å². The summed E-state index contributed by atoms with van der Waals surface area (Å²) < 4.78 is 32.2. The minimum atomic E-state index is -3.59. The lowest BCUT2D eigenvalue weighted by molar-refractivity contribution is 0.0964. The second-order valence-corrected chi connectivity index (χ2v) is 6.99. The molecule has 0 aliphatic carbocycles. The smallest absolute Gasteiger partial charge is 0.253 e. The van der Waals surface area contributed by atoms with E-state index < -0.39 is 10.0 Å². The molecule has 0 fully saturated rings. The average Bonchev–Trinajstić information content (AvgIpc) is 2.60. The van der Waals surface area contributed by atoms with Gasteiger partial charge in [-0.3, -0.25) is 9.52 Å². The van der Waals surface area contributed by atoms with Crippen LogP contribution in [0.3, 0.4) is 0 Å². The Hall–Kier alpha value is -2.54. The Labute approximate surface area is 141 Å². The molecule has 6 nitrogen and oxygen atoms in total. The van der Waals surface area contributed by atoms with Crippen LogP contribution in [0.2, 0.25) is 0 Å². The molecule has 24 heavy (non-hydrogen) atoms. The highest BCUT2D eigenvalue weighted by Crippen LogP contribution is 2.18. The fourth-order valence-corrected chi connectivity index (χ4v) is 3.32. The molecule has 7 heteroatoms. The summed E-state index contributed by atoms with van der Waals surface area (Å²) in [7, 11) is -0.528. The molecule has 2 aromatic carbocycles. The lowest BCUT2D eigenvalue weighted by Crippen LogP contribution is -2.23. The molecule has 2 N–H and O–H groups in total. The molecule has 0 bridgehead atoms. The molecule has 128 valence electrons. The first-order valence-electron chi connectivity index (χ1n) is 7.39. The van der Waals surface area contributed by atoms with Crippen molar-refractivity contribution in [2.75, 3.05) is 24.6 Å². The molecule has 2 rings (SSSR count). The third kappa shape index (κ3) is 4.73. The van der Waals surface area contributed by atoms with Crippen LogP contribution in [-0.4, -0.2) is 34.2 Å². The molecule has 0 aliphatic heterocycles. The van der Waals surface area contributed by atoms with Crippen molar-refractivity contribution in [2.45, 2.75) is 6.42 Å². The summed E-state index contributed by atoms with van der Waals surface area (Å²) in [6, 6.07) is 13.7. The minimum absolute atomic E-state index is 0.0950. The van der Waals surface area contributed by atoms with Crippen molar-refractivity contribution in [2.24, 2.45) is 0 Å². The molecular formula is C17H20N2O4S. The number of hydrogen-bond donors (Lipinski definition) is 2. The van der Waals surface area contributed by atoms with Crippen molar-refractivity contribution < 1.29 is 17.9 Å². The summed E-state index contributed by atoms with van der Waals surface area (Å²) in [5.41, 5.74) is 1.41. The number of aryl methyl sites for hydroxylation is 1. The second-order valence-electron chi connectivity index (χ2n) is 5.15. The van der Waals surface area contributed by atoms with E-state index in [1.807, 2.05) is 12.1 Å². The van der Waals surface area contributed by atoms with E-state index in [2.05, 4.69) is 10.0 Å². The van der Waals surface area contributed by atoms with Gasteiger partial charge < -0.3 is 10.1 Å². The number of benzene rings is 2. The monoisotopic (exact) mass is 348 g/mol. The van der Waals surface area contributed by atoms with Crippen LogP contribution < -0.4 is 14.8 Å². The molecule has 0 radical (unpaired) electrons. The minimum Gasteiger partial charge on any atom is -0.497 e. The Bertz CT molecular complexity index is 819. The van der Waals surface area contributed by atoms with Crippen molar-refractivity contribution in [3.05, 3.63) is 59.7 Å². The van der Waals surface area contributed by atoms with Crippen LogP contribution in [0.25, 0.3) is 0 Å². The van der Waals surface area contributed by atoms with Gasteiger partial charge >= 0.3 is 0 Å². The van der Waals surface area contributed by atoms with Gasteiger partial charge in [0, 0.05) is 7.05 Å². The number of carbonyl (C=O) groups excluding carboxylic acids is 1. The molecule has 0 aliphatic rings. The van der Waals surface area contributed by atoms with Gasteiger partial charge in [-0.15, -0.1) is 0 Å². The summed E-state index contributed by atoms with van der Waals surface area (Å²) in [5, 5.41) is 2.49. The van der Waals surface area contributed by atoms with Crippen LogP contribution in [0, 0.1) is 0 Å². The Kier molecular flexibility index (Phi) is 5.81. The zero-order valence-corrected chi connectivity index (χ0v) is 14.4. The number of rotatable bonds is 7. The number of ether oxygens (including phenoxy) is 1. The molecule has 0 saturated heterocycles. The summed E-state index contributed by atoms with van der Waals surface area (Å²) in [5.74, 6) is 0.242. The Morgan fingerprint density at radius 3 is 2.58 bits per heavy atom. The number of amides is 1. The van der Waals surface area contributed by atoms with Crippen LogP contribution in [-0.2, 0) is 16.4 Å². The summed E-state index contributed by atoms with van der Waals surface area (Å²) >= 11 is 0. The fourth-order valence-electron chi connectivity index (χ4n) is 2.20. The zero-order valence-electron chi connectivity index (χ0n) is 13.6. The Morgan fingerprint density at radius 2 is 1.88 bits per heavy atom. The zero-order chi connectivity index (χ0) is 17.6. The Balaban J connectivity index is 2.10. The standard InChI is InChI=1S/C17H20N2O4S/c1-18-17(20)15-8-3-4-9-16(15)19-24(21,22)11-10-13-6-5-7-14(12-13)23-2/h3-9,12,19H,10-11H2,1-2H3,(H,18,20). The van der Waals surface area contributed by atoms with Gasteiger partial charge in [-0.1, -0.05) is 24.3 Å². The van der Waals surface area contributed by atoms with Crippen LogP contribution in [0.1, 0.15) is 15.9 Å². The number of sulfonamides is 1. The van der Waals surface area contributed by atoms with Gasteiger partial charge in [-0.25, -0.2) is 8.42 Å². The highest BCUT2D eigenvalue weighted by Gasteiger charge is 2.16. The van der Waals surface area contributed by atoms with E-state index >= 15 is 0 Å². The van der Waals surface area contributed by atoms with E-state index in [9.17, 15) is 13.2 Å². The lowest BCUT2D eigenvalue weighted by atomic mass is 10.2. The van der Waals surface area contributed by atoms with Crippen LogP contribution in [0.15, 0.2) is 48.5 Å². The van der Waals surface area contributed by atoms with E-state index in [4.69, 9.17) is 4.74 Å². The summed E-state index contributed by atoms with van der Waals surface area (Å²) in [4.78, 5) is 11.8. The van der Waals surface area contributed by atoms with E-state index in [0.29, 0.717) is 12.2 Å². The average molecular weight is 348 g/mol. The van der Waals surface area contributed by atoms with Crippen molar-refractivity contribution >= 4 is 21.6 Å². The van der Waals surface area contributed by atoms with Gasteiger partial charge in [-0.05, 0) is 36.2 Å². The highest BCUT2D eigenvalue weighted by molar-refractivity contribution is 7.92. The maximum absolute atomic E-state index is 12.3. The third-order valence-corrected chi connectivity index (χ3v) is 4.73. The van der Waals surface area contributed by atoms with Gasteiger partial charge in [0.2, 0.25) is 10.0 Å². The number of para-hydroxylation sites is 1. The van der Waals surface area contributed by atoms with E-state index in [1.165, 1.54) is 7.05 Å². The second kappa shape index (κ2) is 7.83. The van der Waals surface area contributed by atoms with Gasteiger partial charge in [0.1, 0.15) is 5.75 Å². The normalized spacial score (nSPS) is 10.9. The predicted octanol–water partition coefficient (Wildman–Crippen LogP) is 2.04. The molecule has 0 heterocycles. The number of methoxy groups -OCH3 is 1. The van der Waals surface area contributed by atoms with Crippen LogP contribution >= 0.6 is 0 Å². The van der Waals surface area contributed by atoms with Gasteiger partial charge in [-0.2, -0.15) is 0 Å². The van der Waals surface area contributed by atoms with Gasteiger partial charge in [0.05, 0.1) is 24.1 Å². The molecule has 2 aromatic rings. The molecule has 1 amide bonds. The number of hydrogen-bond acceptors (Lipinski definition) is 4. The van der Waals surface area contributed by atoms with E-state index in [-0.39, 0.29) is 22.9 Å². The summed E-state index contributed by atoms with van der Waals surface area (Å²) in [6.45, 7) is 0. The number of nitrogens with one attached hydrogen (secondary N) is 2. The first-order chi connectivity index (χ1) is 11.4. The first-order valence-corrected chi connectivity index (χ1v) is 9.05. The molecule has 0 unspecified atom stereocenters. The largest absolute Gasteiger partial charge is 0.497 e. The SMILES string of the molecule is CNC(=O)c1ccccc1NS(=O)(=O)CCc1cccc(OC)c1. The number of anilines is 1. The topological polar surface area (TPSA) is 84.5 Å². The van der Waals surface area contributed by atoms with E-state index in [0.717, 1.165) is 5.56 Å². The Morgan fingerprint density at radius 1 is 1.12 bits per heavy atom. The van der Waals surface area contributed by atoms with Gasteiger partial charge in [0.15, 0.2) is 0 Å². The maximum atomic E-state index is 12.3. The first kappa shape index (κ1) is 17.8. The predicted molar refractivity (Wildman–Crippen MR) is 93.9 cm³/mol.